The minimum atomic E-state index is -0.178. The predicted molar refractivity (Wildman–Crippen MR) is 82.7 cm³/mol. The first-order valence-corrected chi connectivity index (χ1v) is 8.29. The number of nitrogens with one attached hydrogen (secondary N) is 1. The molecule has 0 radical (unpaired) electrons. The number of amides is 1. The molecule has 0 aromatic carbocycles. The van der Waals surface area contributed by atoms with Gasteiger partial charge in [0, 0.05) is 31.7 Å². The predicted octanol–water partition coefficient (Wildman–Crippen LogP) is 1.35. The van der Waals surface area contributed by atoms with Gasteiger partial charge in [0.05, 0.1) is 12.6 Å². The first kappa shape index (κ1) is 16.3. The summed E-state index contributed by atoms with van der Waals surface area (Å²) in [5.74, 6) is 0.194. The quantitative estimate of drug-likeness (QED) is 0.850. The highest BCUT2D eigenvalue weighted by molar-refractivity contribution is 5.79. The zero-order chi connectivity index (χ0) is 15.2. The Morgan fingerprint density at radius 3 is 2.71 bits per heavy atom. The maximum Gasteiger partial charge on any atom is 0.237 e. The molecule has 5 nitrogen and oxygen atoms in total. The van der Waals surface area contributed by atoms with E-state index in [1.807, 2.05) is 4.90 Å². The minimum absolute atomic E-state index is 0.178. The van der Waals surface area contributed by atoms with Gasteiger partial charge in [-0.15, -0.1) is 0 Å². The molecule has 1 unspecified atom stereocenters. The topological polar surface area (TPSA) is 59.4 Å². The number of nitrogens with zero attached hydrogens (tertiary/aromatic N) is 3. The summed E-state index contributed by atoms with van der Waals surface area (Å²) in [5.41, 5.74) is 0. The highest BCUT2D eigenvalue weighted by atomic mass is 16.2. The van der Waals surface area contributed by atoms with Gasteiger partial charge in [-0.05, 0) is 26.7 Å². The van der Waals surface area contributed by atoms with Crippen molar-refractivity contribution < 1.29 is 4.79 Å². The second kappa shape index (κ2) is 7.77. The second-order valence-electron chi connectivity index (χ2n) is 6.51. The molecule has 1 amide bonds. The molecular weight excluding hydrogens is 264 g/mol. The van der Waals surface area contributed by atoms with E-state index in [2.05, 4.69) is 30.1 Å². The largest absolute Gasteiger partial charge is 0.336 e. The molecule has 0 aromatic heterocycles. The van der Waals surface area contributed by atoms with Crippen molar-refractivity contribution in [2.75, 3.05) is 26.2 Å². The van der Waals surface area contributed by atoms with E-state index in [-0.39, 0.29) is 18.0 Å². The Labute approximate surface area is 128 Å². The number of piperazine rings is 1. The van der Waals surface area contributed by atoms with Crippen molar-refractivity contribution in [1.29, 1.82) is 5.26 Å². The fourth-order valence-corrected chi connectivity index (χ4v) is 3.59. The molecule has 0 aromatic rings. The Kier molecular flexibility index (Phi) is 6.01. The molecule has 2 rings (SSSR count). The third-order valence-corrected chi connectivity index (χ3v) is 4.65. The SMILES string of the molecule is CC(C)N(C(=O)CN1CCNCC1C#N)C1CCCCC1. The number of rotatable bonds is 4. The smallest absolute Gasteiger partial charge is 0.237 e. The van der Waals surface area contributed by atoms with Crippen molar-refractivity contribution >= 4 is 5.91 Å². The van der Waals surface area contributed by atoms with Gasteiger partial charge in [0.1, 0.15) is 6.04 Å². The van der Waals surface area contributed by atoms with Crippen LogP contribution in [0.3, 0.4) is 0 Å². The van der Waals surface area contributed by atoms with E-state index in [4.69, 9.17) is 0 Å². The minimum Gasteiger partial charge on any atom is -0.336 e. The van der Waals surface area contributed by atoms with Crippen LogP contribution >= 0.6 is 0 Å². The molecule has 2 aliphatic rings. The van der Waals surface area contributed by atoms with Crippen LogP contribution in [0.4, 0.5) is 0 Å². The van der Waals surface area contributed by atoms with E-state index in [0.29, 0.717) is 19.1 Å². The molecule has 1 saturated heterocycles. The maximum absolute atomic E-state index is 12.8. The van der Waals surface area contributed by atoms with E-state index in [1.165, 1.54) is 19.3 Å². The van der Waals surface area contributed by atoms with Gasteiger partial charge in [0.25, 0.3) is 0 Å². The normalized spacial score (nSPS) is 24.8. The average molecular weight is 292 g/mol. The molecule has 5 heteroatoms. The van der Waals surface area contributed by atoms with Gasteiger partial charge in [-0.3, -0.25) is 9.69 Å². The Bertz CT molecular complexity index is 384. The van der Waals surface area contributed by atoms with Crippen LogP contribution in [-0.4, -0.2) is 60.0 Å². The third-order valence-electron chi connectivity index (χ3n) is 4.65. The van der Waals surface area contributed by atoms with Gasteiger partial charge >= 0.3 is 0 Å². The van der Waals surface area contributed by atoms with Crippen molar-refractivity contribution in [3.8, 4) is 6.07 Å². The fraction of sp³-hybridized carbons (Fsp3) is 0.875. The second-order valence-corrected chi connectivity index (χ2v) is 6.51. The first-order chi connectivity index (χ1) is 10.1. The molecule has 21 heavy (non-hydrogen) atoms. The number of nitriles is 1. The molecule has 118 valence electrons. The molecule has 1 atom stereocenters. The summed E-state index contributed by atoms with van der Waals surface area (Å²) in [6, 6.07) is 2.76. The summed E-state index contributed by atoms with van der Waals surface area (Å²) in [4.78, 5) is 16.9. The van der Waals surface area contributed by atoms with E-state index >= 15 is 0 Å². The summed E-state index contributed by atoms with van der Waals surface area (Å²) in [6.07, 6.45) is 6.02. The summed E-state index contributed by atoms with van der Waals surface area (Å²) >= 11 is 0. The molecule has 1 N–H and O–H groups in total. The monoisotopic (exact) mass is 292 g/mol. The Balaban J connectivity index is 1.99. The summed E-state index contributed by atoms with van der Waals surface area (Å²) < 4.78 is 0. The molecular formula is C16H28N4O. The first-order valence-electron chi connectivity index (χ1n) is 8.29. The lowest BCUT2D eigenvalue weighted by Gasteiger charge is -2.40. The molecule has 1 aliphatic carbocycles. The molecule has 1 aliphatic heterocycles. The van der Waals surface area contributed by atoms with E-state index in [9.17, 15) is 10.1 Å². The number of hydrogen-bond donors (Lipinski definition) is 1. The average Bonchev–Trinajstić information content (AvgIpc) is 2.48. The molecule has 1 heterocycles. The molecule has 0 spiro atoms. The van der Waals surface area contributed by atoms with Crippen LogP contribution in [0.5, 0.6) is 0 Å². The van der Waals surface area contributed by atoms with Gasteiger partial charge in [0.2, 0.25) is 5.91 Å². The molecule has 0 bridgehead atoms. The summed E-state index contributed by atoms with van der Waals surface area (Å²) in [7, 11) is 0. The van der Waals surface area contributed by atoms with E-state index < -0.39 is 0 Å². The highest BCUT2D eigenvalue weighted by Crippen LogP contribution is 2.24. The van der Waals surface area contributed by atoms with Crippen LogP contribution < -0.4 is 5.32 Å². The lowest BCUT2D eigenvalue weighted by atomic mass is 9.93. The standard InChI is InChI=1S/C16H28N4O/c1-13(2)20(14-6-4-3-5-7-14)16(21)12-19-9-8-18-11-15(19)10-17/h13-15,18H,3-9,11-12H2,1-2H3. The number of carbonyl (C=O) groups excluding carboxylic acids is 1. The van der Waals surface area contributed by atoms with Crippen LogP contribution in [0.25, 0.3) is 0 Å². The van der Waals surface area contributed by atoms with E-state index in [1.54, 1.807) is 0 Å². The maximum atomic E-state index is 12.8. The van der Waals surface area contributed by atoms with Gasteiger partial charge in [0.15, 0.2) is 0 Å². The molecule has 1 saturated carbocycles. The van der Waals surface area contributed by atoms with Crippen LogP contribution in [0.15, 0.2) is 0 Å². The fourth-order valence-electron chi connectivity index (χ4n) is 3.59. The Morgan fingerprint density at radius 2 is 2.10 bits per heavy atom. The van der Waals surface area contributed by atoms with Crippen LogP contribution in [-0.2, 0) is 4.79 Å². The summed E-state index contributed by atoms with van der Waals surface area (Å²) in [5, 5.41) is 12.4. The van der Waals surface area contributed by atoms with Gasteiger partial charge in [-0.1, -0.05) is 19.3 Å². The Morgan fingerprint density at radius 1 is 1.38 bits per heavy atom. The highest BCUT2D eigenvalue weighted by Gasteiger charge is 2.31. The van der Waals surface area contributed by atoms with Crippen LogP contribution in [0.2, 0.25) is 0 Å². The van der Waals surface area contributed by atoms with Gasteiger partial charge in [-0.25, -0.2) is 0 Å². The molecule has 2 fully saturated rings. The Hall–Kier alpha value is -1.12. The van der Waals surface area contributed by atoms with Crippen LogP contribution in [0, 0.1) is 11.3 Å². The lowest BCUT2D eigenvalue weighted by Crippen LogP contribution is -2.56. The van der Waals surface area contributed by atoms with Crippen molar-refractivity contribution in [1.82, 2.24) is 15.1 Å². The van der Waals surface area contributed by atoms with Gasteiger partial charge < -0.3 is 10.2 Å². The van der Waals surface area contributed by atoms with E-state index in [0.717, 1.165) is 25.9 Å². The van der Waals surface area contributed by atoms with Crippen molar-refractivity contribution in [3.63, 3.8) is 0 Å². The zero-order valence-corrected chi connectivity index (χ0v) is 13.3. The van der Waals surface area contributed by atoms with Gasteiger partial charge in [-0.2, -0.15) is 5.26 Å². The number of hydrogen-bond acceptors (Lipinski definition) is 4. The third kappa shape index (κ3) is 4.18. The van der Waals surface area contributed by atoms with Crippen LogP contribution in [0.1, 0.15) is 46.0 Å². The lowest BCUT2D eigenvalue weighted by molar-refractivity contribution is -0.138. The van der Waals surface area contributed by atoms with Crippen molar-refractivity contribution in [3.05, 3.63) is 0 Å². The summed E-state index contributed by atoms with van der Waals surface area (Å²) in [6.45, 7) is 6.89. The van der Waals surface area contributed by atoms with Crippen molar-refractivity contribution in [2.24, 2.45) is 0 Å². The van der Waals surface area contributed by atoms with Crippen molar-refractivity contribution in [2.45, 2.75) is 64.1 Å². The zero-order valence-electron chi connectivity index (χ0n) is 13.3. The number of carbonyl (C=O) groups is 1.